The highest BCUT2D eigenvalue weighted by molar-refractivity contribution is 5.94. The number of benzene rings is 2. The van der Waals surface area contributed by atoms with Gasteiger partial charge in [0.05, 0.1) is 16.4 Å². The average Bonchev–Trinajstić information content (AvgIpc) is 3.58. The van der Waals surface area contributed by atoms with Gasteiger partial charge in [0, 0.05) is 41.3 Å². The third-order valence-corrected chi connectivity index (χ3v) is 6.94. The first-order valence-electron chi connectivity index (χ1n) is 14.5. The second kappa shape index (κ2) is 14.0. The molecule has 224 valence electrons. The van der Waals surface area contributed by atoms with Crippen LogP contribution in [-0.4, -0.2) is 58.3 Å². The van der Waals surface area contributed by atoms with E-state index in [0.29, 0.717) is 18.1 Å². The van der Waals surface area contributed by atoms with E-state index in [2.05, 4.69) is 57.7 Å². The van der Waals surface area contributed by atoms with Gasteiger partial charge in [-0.2, -0.15) is 5.10 Å². The maximum atomic E-state index is 14.7. The lowest BCUT2D eigenvalue weighted by Gasteiger charge is -2.13. The van der Waals surface area contributed by atoms with Crippen molar-refractivity contribution < 1.29 is 4.39 Å². The van der Waals surface area contributed by atoms with E-state index in [-0.39, 0.29) is 11.9 Å². The maximum absolute atomic E-state index is 14.7. The number of aromatic nitrogens is 4. The third-order valence-electron chi connectivity index (χ3n) is 6.94. The molecule has 2 aromatic heterocycles. The number of allylic oxidation sites excluding steroid dienone is 5. The Balaban J connectivity index is 1.77. The molecular weight excluding hydrogens is 537 g/mol. The highest BCUT2D eigenvalue weighted by Gasteiger charge is 2.15. The van der Waals surface area contributed by atoms with Crippen molar-refractivity contribution in [2.24, 2.45) is 0 Å². The number of anilines is 1. The number of aromatic amines is 2. The van der Waals surface area contributed by atoms with Crippen molar-refractivity contribution in [3.63, 3.8) is 0 Å². The summed E-state index contributed by atoms with van der Waals surface area (Å²) in [5.74, 6) is 0.304. The smallest absolute Gasteiger partial charge is 0.159 e. The van der Waals surface area contributed by atoms with Gasteiger partial charge in [-0.3, -0.25) is 5.10 Å². The number of rotatable bonds is 12. The number of fused-ring (bicyclic) bond motifs is 1. The molecule has 0 unspecified atom stereocenters. The molecule has 0 radical (unpaired) electrons. The molecule has 2 aromatic carbocycles. The van der Waals surface area contributed by atoms with Crippen LogP contribution in [0.2, 0.25) is 0 Å². The second-order valence-corrected chi connectivity index (χ2v) is 11.0. The van der Waals surface area contributed by atoms with Crippen molar-refractivity contribution in [1.82, 2.24) is 30.4 Å². The summed E-state index contributed by atoms with van der Waals surface area (Å²) in [5, 5.41) is 16.2. The van der Waals surface area contributed by atoms with E-state index in [9.17, 15) is 4.39 Å². The standard InChI is InChI=1S/C35H42FN7/c1-9-24(19-27(10-2)38-22(4)5)23(6)17-30-31(11-3)41-42-34(30)35-39-32-14-12-13-29(33(32)40-35)25-18-26(36)21-28(20-25)37-15-16-43(7)8/h9-14,17-22,37-38,41H,2,6,15-16H2,1,3-5,7-8H3,(H,39,40)/b24-9+,27-19+,30-17+,31-11+. The molecule has 8 heteroatoms. The van der Waals surface area contributed by atoms with Gasteiger partial charge in [-0.15, -0.1) is 0 Å². The fraction of sp³-hybridized carbons (Fsp3) is 0.257. The molecule has 4 aromatic rings. The zero-order valence-corrected chi connectivity index (χ0v) is 26.0. The van der Waals surface area contributed by atoms with Crippen LogP contribution < -0.4 is 21.2 Å². The zero-order valence-electron chi connectivity index (χ0n) is 26.0. The minimum Gasteiger partial charge on any atom is -0.384 e. The van der Waals surface area contributed by atoms with Crippen molar-refractivity contribution in [2.75, 3.05) is 32.5 Å². The first-order chi connectivity index (χ1) is 20.6. The van der Waals surface area contributed by atoms with Gasteiger partial charge in [0.2, 0.25) is 0 Å². The molecule has 4 N–H and O–H groups in total. The van der Waals surface area contributed by atoms with Crippen LogP contribution in [0.1, 0.15) is 27.7 Å². The van der Waals surface area contributed by atoms with Gasteiger partial charge >= 0.3 is 0 Å². The molecule has 0 aliphatic carbocycles. The molecule has 0 fully saturated rings. The molecule has 0 aliphatic heterocycles. The summed E-state index contributed by atoms with van der Waals surface area (Å²) < 4.78 is 14.7. The first kappa shape index (κ1) is 31.3. The molecule has 43 heavy (non-hydrogen) atoms. The van der Waals surface area contributed by atoms with Crippen LogP contribution in [0.5, 0.6) is 0 Å². The van der Waals surface area contributed by atoms with Crippen molar-refractivity contribution in [1.29, 1.82) is 0 Å². The molecule has 0 spiro atoms. The van der Waals surface area contributed by atoms with Crippen LogP contribution in [0.4, 0.5) is 10.1 Å². The lowest BCUT2D eigenvalue weighted by atomic mass is 10.0. The molecule has 7 nitrogen and oxygen atoms in total. The highest BCUT2D eigenvalue weighted by Crippen LogP contribution is 2.31. The number of nitrogens with zero attached hydrogens (tertiary/aromatic N) is 3. The Kier molecular flexibility index (Phi) is 10.2. The SMILES string of the molecule is C=C/C(=C\C(=C/C)C(=C)/C=c1/c(-c2nc3c(-c4cc(F)cc(NCCN(C)C)c4)cccc3[nH]2)n[nH]/c1=C/C)NC(C)C. The van der Waals surface area contributed by atoms with Crippen LogP contribution >= 0.6 is 0 Å². The van der Waals surface area contributed by atoms with Gasteiger partial charge in [-0.05, 0) is 101 Å². The number of likely N-dealkylation sites (N-methyl/N-ethyl adjacent to an activating group) is 1. The largest absolute Gasteiger partial charge is 0.384 e. The van der Waals surface area contributed by atoms with Crippen LogP contribution in [0.15, 0.2) is 84.6 Å². The quantitative estimate of drug-likeness (QED) is 0.158. The van der Waals surface area contributed by atoms with Crippen molar-refractivity contribution >= 4 is 28.9 Å². The Hall–Kier alpha value is -4.69. The Morgan fingerprint density at radius 1 is 1.16 bits per heavy atom. The monoisotopic (exact) mass is 579 g/mol. The van der Waals surface area contributed by atoms with Crippen LogP contribution in [0.3, 0.4) is 0 Å². The number of halogens is 1. The number of nitrogens with one attached hydrogen (secondary N) is 4. The zero-order chi connectivity index (χ0) is 31.1. The predicted octanol–water partition coefficient (Wildman–Crippen LogP) is 5.88. The van der Waals surface area contributed by atoms with Crippen molar-refractivity contribution in [3.05, 3.63) is 101 Å². The molecular formula is C35H42FN7. The number of hydrogen-bond donors (Lipinski definition) is 4. The van der Waals surface area contributed by atoms with Gasteiger partial charge in [0.25, 0.3) is 0 Å². The number of H-pyrrole nitrogens is 2. The number of imidazole rings is 1. The summed E-state index contributed by atoms with van der Waals surface area (Å²) in [6.45, 7) is 18.0. The Morgan fingerprint density at radius 2 is 1.95 bits per heavy atom. The van der Waals surface area contributed by atoms with Crippen LogP contribution in [0, 0.1) is 5.82 Å². The molecule has 2 heterocycles. The molecule has 0 saturated carbocycles. The lowest BCUT2D eigenvalue weighted by Crippen LogP contribution is -2.24. The minimum atomic E-state index is -0.305. The summed E-state index contributed by atoms with van der Waals surface area (Å²) >= 11 is 0. The summed E-state index contributed by atoms with van der Waals surface area (Å²) in [7, 11) is 4.02. The Bertz CT molecular complexity index is 1800. The van der Waals surface area contributed by atoms with Crippen LogP contribution in [-0.2, 0) is 0 Å². The number of hydrogen-bond acceptors (Lipinski definition) is 5. The van der Waals surface area contributed by atoms with Gasteiger partial charge in [-0.25, -0.2) is 9.37 Å². The van der Waals surface area contributed by atoms with Gasteiger partial charge < -0.3 is 20.5 Å². The molecule has 0 bridgehead atoms. The predicted molar refractivity (Wildman–Crippen MR) is 179 cm³/mol. The van der Waals surface area contributed by atoms with Crippen molar-refractivity contribution in [3.8, 4) is 22.6 Å². The average molecular weight is 580 g/mol. The fourth-order valence-electron chi connectivity index (χ4n) is 4.84. The highest BCUT2D eigenvalue weighted by atomic mass is 19.1. The normalized spacial score (nSPS) is 13.4. The van der Waals surface area contributed by atoms with E-state index >= 15 is 0 Å². The van der Waals surface area contributed by atoms with E-state index in [4.69, 9.17) is 4.98 Å². The second-order valence-electron chi connectivity index (χ2n) is 11.0. The van der Waals surface area contributed by atoms with Gasteiger partial charge in [0.1, 0.15) is 11.5 Å². The summed E-state index contributed by atoms with van der Waals surface area (Å²) in [6, 6.07) is 11.2. The van der Waals surface area contributed by atoms with Crippen LogP contribution in [0.25, 0.3) is 45.8 Å². The van der Waals surface area contributed by atoms with E-state index in [1.807, 2.05) is 76.5 Å². The third kappa shape index (κ3) is 7.59. The summed E-state index contributed by atoms with van der Waals surface area (Å²) in [6.07, 6.45) is 9.86. The molecule has 4 rings (SSSR count). The summed E-state index contributed by atoms with van der Waals surface area (Å²) in [4.78, 5) is 10.5. The van der Waals surface area contributed by atoms with E-state index in [1.165, 1.54) is 6.07 Å². The molecule has 0 atom stereocenters. The van der Waals surface area contributed by atoms with Crippen molar-refractivity contribution in [2.45, 2.75) is 33.7 Å². The number of para-hydroxylation sites is 1. The van der Waals surface area contributed by atoms with Gasteiger partial charge in [-0.1, -0.05) is 37.4 Å². The minimum absolute atomic E-state index is 0.276. The van der Waals surface area contributed by atoms with E-state index in [1.54, 1.807) is 12.1 Å². The maximum Gasteiger partial charge on any atom is 0.159 e. The lowest BCUT2D eigenvalue weighted by molar-refractivity contribution is 0.425. The summed E-state index contributed by atoms with van der Waals surface area (Å²) in [5.41, 5.74) is 7.26. The fourth-order valence-corrected chi connectivity index (χ4v) is 4.84. The molecule has 0 aliphatic rings. The molecule has 0 amide bonds. The van der Waals surface area contributed by atoms with Gasteiger partial charge in [0.15, 0.2) is 5.82 Å². The topological polar surface area (TPSA) is 84.7 Å². The van der Waals surface area contributed by atoms with E-state index < -0.39 is 0 Å². The first-order valence-corrected chi connectivity index (χ1v) is 14.5. The Labute approximate surface area is 253 Å². The Morgan fingerprint density at radius 3 is 2.63 bits per heavy atom. The van der Waals surface area contributed by atoms with E-state index in [0.717, 1.165) is 61.8 Å². The molecule has 0 saturated heterocycles.